The summed E-state index contributed by atoms with van der Waals surface area (Å²) in [5, 5.41) is 20.4. The quantitative estimate of drug-likeness (QED) is 0.887. The maximum absolute atomic E-state index is 12.5. The second kappa shape index (κ2) is 5.74. The van der Waals surface area contributed by atoms with Gasteiger partial charge in [0.1, 0.15) is 17.2 Å². The Kier molecular flexibility index (Phi) is 3.87. The number of aromatic hydroxyl groups is 2. The van der Waals surface area contributed by atoms with Crippen LogP contribution in [0.2, 0.25) is 0 Å². The number of carbonyl (C=O) groups excluding carboxylic acids is 1. The summed E-state index contributed by atoms with van der Waals surface area (Å²) in [6, 6.07) is 7.59. The average Bonchev–Trinajstić information content (AvgIpc) is 2.58. The Bertz CT molecular complexity index is 809. The standard InChI is InChI=1S/C19H21NO4/c1-10-16(22)11(2)18-14(17(10)23)9-15(21)19(24-18)12-5-7-13(8-6-12)20(3)4/h5-8,19,22-23H,9H2,1-4H3. The average molecular weight is 327 g/mol. The molecule has 5 nitrogen and oxygen atoms in total. The van der Waals surface area contributed by atoms with Crippen LogP contribution in [-0.2, 0) is 11.2 Å². The van der Waals surface area contributed by atoms with Crippen molar-refractivity contribution in [2.75, 3.05) is 19.0 Å². The molecule has 2 aromatic carbocycles. The van der Waals surface area contributed by atoms with Gasteiger partial charge in [-0.15, -0.1) is 0 Å². The largest absolute Gasteiger partial charge is 0.507 e. The van der Waals surface area contributed by atoms with Crippen LogP contribution in [0.25, 0.3) is 0 Å². The van der Waals surface area contributed by atoms with Crippen molar-refractivity contribution < 1.29 is 19.7 Å². The van der Waals surface area contributed by atoms with Crippen LogP contribution in [-0.4, -0.2) is 30.1 Å². The second-order valence-corrected chi connectivity index (χ2v) is 6.38. The minimum atomic E-state index is -0.728. The number of rotatable bonds is 2. The van der Waals surface area contributed by atoms with Crippen LogP contribution in [0.15, 0.2) is 24.3 Å². The normalized spacial score (nSPS) is 16.5. The Morgan fingerprint density at radius 2 is 1.67 bits per heavy atom. The molecule has 0 fully saturated rings. The monoisotopic (exact) mass is 327 g/mol. The molecule has 0 aliphatic carbocycles. The van der Waals surface area contributed by atoms with Crippen molar-refractivity contribution in [3.05, 3.63) is 46.5 Å². The topological polar surface area (TPSA) is 70.0 Å². The highest BCUT2D eigenvalue weighted by atomic mass is 16.5. The fraction of sp³-hybridized carbons (Fsp3) is 0.316. The molecule has 2 N–H and O–H groups in total. The number of Topliss-reactive ketones (excluding diaryl/α,β-unsaturated/α-hetero) is 1. The third-order valence-corrected chi connectivity index (χ3v) is 4.56. The lowest BCUT2D eigenvalue weighted by molar-refractivity contribution is -0.126. The molecular weight excluding hydrogens is 306 g/mol. The smallest absolute Gasteiger partial charge is 0.182 e. The molecule has 3 rings (SSSR count). The Balaban J connectivity index is 2.02. The summed E-state index contributed by atoms with van der Waals surface area (Å²) in [6.45, 7) is 3.34. The fourth-order valence-electron chi connectivity index (χ4n) is 3.04. The molecule has 126 valence electrons. The second-order valence-electron chi connectivity index (χ2n) is 6.38. The number of phenols is 2. The molecule has 1 unspecified atom stereocenters. The van der Waals surface area contributed by atoms with Gasteiger partial charge in [-0.3, -0.25) is 4.79 Å². The van der Waals surface area contributed by atoms with Crippen LogP contribution >= 0.6 is 0 Å². The van der Waals surface area contributed by atoms with Gasteiger partial charge in [-0.1, -0.05) is 12.1 Å². The zero-order valence-electron chi connectivity index (χ0n) is 14.3. The van der Waals surface area contributed by atoms with Gasteiger partial charge in [0.15, 0.2) is 11.9 Å². The van der Waals surface area contributed by atoms with E-state index in [1.807, 2.05) is 43.3 Å². The maximum atomic E-state index is 12.5. The van der Waals surface area contributed by atoms with Gasteiger partial charge in [0.25, 0.3) is 0 Å². The summed E-state index contributed by atoms with van der Waals surface area (Å²) in [5.74, 6) is 0.224. The maximum Gasteiger partial charge on any atom is 0.182 e. The van der Waals surface area contributed by atoms with Crippen LogP contribution in [0, 0.1) is 13.8 Å². The summed E-state index contributed by atoms with van der Waals surface area (Å²) in [5.41, 5.74) is 3.16. The van der Waals surface area contributed by atoms with E-state index < -0.39 is 6.10 Å². The third-order valence-electron chi connectivity index (χ3n) is 4.56. The molecule has 0 saturated carbocycles. The van der Waals surface area contributed by atoms with Gasteiger partial charge in [-0.25, -0.2) is 0 Å². The first kappa shape index (κ1) is 16.2. The van der Waals surface area contributed by atoms with Gasteiger partial charge in [-0.05, 0) is 26.0 Å². The number of phenolic OH excluding ortho intramolecular Hbond substituents is 2. The Hall–Kier alpha value is -2.69. The van der Waals surface area contributed by atoms with Gasteiger partial charge >= 0.3 is 0 Å². The van der Waals surface area contributed by atoms with Gasteiger partial charge in [0.2, 0.25) is 0 Å². The molecule has 0 bridgehead atoms. The predicted molar refractivity (Wildman–Crippen MR) is 92.1 cm³/mol. The minimum absolute atomic E-state index is 0.00213. The number of nitrogens with zero attached hydrogens (tertiary/aromatic N) is 1. The lowest BCUT2D eigenvalue weighted by Gasteiger charge is -2.28. The lowest BCUT2D eigenvalue weighted by atomic mass is 9.92. The van der Waals surface area contributed by atoms with Crippen molar-refractivity contribution in [2.45, 2.75) is 26.4 Å². The molecule has 1 atom stereocenters. The number of benzene rings is 2. The molecule has 2 aromatic rings. The Morgan fingerprint density at radius 3 is 2.25 bits per heavy atom. The summed E-state index contributed by atoms with van der Waals surface area (Å²) >= 11 is 0. The number of carbonyl (C=O) groups is 1. The van der Waals surface area contributed by atoms with E-state index in [9.17, 15) is 15.0 Å². The van der Waals surface area contributed by atoms with E-state index in [1.54, 1.807) is 13.8 Å². The first-order chi connectivity index (χ1) is 11.3. The van der Waals surface area contributed by atoms with Gasteiger partial charge in [0.05, 0.1) is 0 Å². The third kappa shape index (κ3) is 2.46. The number of ether oxygens (including phenoxy) is 1. The number of fused-ring (bicyclic) bond motifs is 1. The zero-order chi connectivity index (χ0) is 17.6. The first-order valence-electron chi connectivity index (χ1n) is 7.82. The summed E-state index contributed by atoms with van der Waals surface area (Å²) in [4.78, 5) is 14.5. The molecule has 0 amide bonds. The van der Waals surface area contributed by atoms with Crippen LogP contribution in [0.3, 0.4) is 0 Å². The van der Waals surface area contributed by atoms with Crippen molar-refractivity contribution >= 4 is 11.5 Å². The van der Waals surface area contributed by atoms with Crippen LogP contribution in [0.4, 0.5) is 5.69 Å². The SMILES string of the molecule is Cc1c(O)c(C)c2c(c1O)CC(=O)C(c1ccc(N(C)C)cc1)O2. The Labute approximate surface area is 141 Å². The van der Waals surface area contributed by atoms with Crippen molar-refractivity contribution in [3.63, 3.8) is 0 Å². The molecule has 0 aromatic heterocycles. The molecule has 24 heavy (non-hydrogen) atoms. The molecular formula is C19H21NO4. The molecule has 0 spiro atoms. The molecule has 0 radical (unpaired) electrons. The van der Waals surface area contributed by atoms with E-state index in [0.29, 0.717) is 22.4 Å². The summed E-state index contributed by atoms with van der Waals surface area (Å²) < 4.78 is 5.89. The molecule has 0 saturated heterocycles. The zero-order valence-corrected chi connectivity index (χ0v) is 14.3. The molecule has 1 heterocycles. The molecule has 1 aliphatic rings. The minimum Gasteiger partial charge on any atom is -0.507 e. The van der Waals surface area contributed by atoms with Crippen LogP contribution < -0.4 is 9.64 Å². The predicted octanol–water partition coefficient (Wildman–Crippen LogP) is 3.03. The lowest BCUT2D eigenvalue weighted by Crippen LogP contribution is -2.26. The van der Waals surface area contributed by atoms with Gasteiger partial charge < -0.3 is 19.8 Å². The first-order valence-corrected chi connectivity index (χ1v) is 7.82. The van der Waals surface area contributed by atoms with E-state index >= 15 is 0 Å². The highest BCUT2D eigenvalue weighted by Gasteiger charge is 2.34. The van der Waals surface area contributed by atoms with Gasteiger partial charge in [-0.2, -0.15) is 0 Å². The van der Waals surface area contributed by atoms with E-state index in [4.69, 9.17) is 4.74 Å². The number of hydrogen-bond donors (Lipinski definition) is 2. The Morgan fingerprint density at radius 1 is 1.04 bits per heavy atom. The van der Waals surface area contributed by atoms with E-state index in [2.05, 4.69) is 0 Å². The summed E-state index contributed by atoms with van der Waals surface area (Å²) in [7, 11) is 3.90. The van der Waals surface area contributed by atoms with Crippen molar-refractivity contribution in [1.29, 1.82) is 0 Å². The van der Waals surface area contributed by atoms with E-state index in [1.165, 1.54) is 0 Å². The van der Waals surface area contributed by atoms with Crippen molar-refractivity contribution in [3.8, 4) is 17.2 Å². The van der Waals surface area contributed by atoms with Crippen molar-refractivity contribution in [2.24, 2.45) is 0 Å². The number of ketones is 1. The fourth-order valence-corrected chi connectivity index (χ4v) is 3.04. The highest BCUT2D eigenvalue weighted by Crippen LogP contribution is 2.46. The van der Waals surface area contributed by atoms with Crippen molar-refractivity contribution in [1.82, 2.24) is 0 Å². The number of hydrogen-bond acceptors (Lipinski definition) is 5. The van der Waals surface area contributed by atoms with E-state index in [0.717, 1.165) is 11.3 Å². The highest BCUT2D eigenvalue weighted by molar-refractivity contribution is 5.90. The summed E-state index contributed by atoms with van der Waals surface area (Å²) in [6.07, 6.45) is -0.641. The number of anilines is 1. The van der Waals surface area contributed by atoms with Gasteiger partial charge in [0, 0.05) is 48.5 Å². The van der Waals surface area contributed by atoms with E-state index in [-0.39, 0.29) is 23.7 Å². The molecule has 1 aliphatic heterocycles. The molecule has 5 heteroatoms. The van der Waals surface area contributed by atoms with Crippen LogP contribution in [0.5, 0.6) is 17.2 Å². The van der Waals surface area contributed by atoms with Crippen LogP contribution in [0.1, 0.15) is 28.4 Å².